The number of rotatable bonds is 13. The molecule has 52 heavy (non-hydrogen) atoms. The first-order chi connectivity index (χ1) is 25.6. The van der Waals surface area contributed by atoms with E-state index >= 15 is 0 Å². The SMILES string of the molecule is CC(C)[C@@H](NCc1ccc(-c2ccccc2-c2nnnn2C(c2ccccc2)(c2ccccc2)c2ccccc2)cc1)C(=O)OCc1ccccc1. The molecule has 7 heteroatoms. The van der Waals surface area contributed by atoms with E-state index in [1.807, 2.05) is 79.2 Å². The highest BCUT2D eigenvalue weighted by Gasteiger charge is 2.42. The highest BCUT2D eigenvalue weighted by atomic mass is 16.5. The van der Waals surface area contributed by atoms with Crippen LogP contribution in [0.15, 0.2) is 170 Å². The van der Waals surface area contributed by atoms with Crippen molar-refractivity contribution in [3.05, 3.63) is 198 Å². The maximum absolute atomic E-state index is 13.0. The number of nitrogens with zero attached hydrogens (tertiary/aromatic N) is 4. The summed E-state index contributed by atoms with van der Waals surface area (Å²) in [5.74, 6) is 0.460. The Labute approximate surface area is 305 Å². The fourth-order valence-electron chi connectivity index (χ4n) is 6.86. The van der Waals surface area contributed by atoms with E-state index in [0.717, 1.165) is 44.5 Å². The van der Waals surface area contributed by atoms with Crippen LogP contribution in [0.5, 0.6) is 0 Å². The Balaban J connectivity index is 1.21. The lowest BCUT2D eigenvalue weighted by molar-refractivity contribution is -0.148. The van der Waals surface area contributed by atoms with Crippen LogP contribution >= 0.6 is 0 Å². The number of aromatic nitrogens is 4. The fraction of sp³-hybridized carbons (Fsp3) is 0.156. The zero-order chi connectivity index (χ0) is 35.8. The zero-order valence-electron chi connectivity index (χ0n) is 29.3. The first kappa shape index (κ1) is 34.3. The number of hydrogen-bond donors (Lipinski definition) is 1. The molecule has 6 aromatic carbocycles. The van der Waals surface area contributed by atoms with Gasteiger partial charge < -0.3 is 10.1 Å². The minimum Gasteiger partial charge on any atom is -0.460 e. The number of hydrogen-bond acceptors (Lipinski definition) is 6. The molecule has 0 unspecified atom stereocenters. The summed E-state index contributed by atoms with van der Waals surface area (Å²) in [6.45, 7) is 4.83. The van der Waals surface area contributed by atoms with Gasteiger partial charge in [0.25, 0.3) is 0 Å². The highest BCUT2D eigenvalue weighted by Crippen LogP contribution is 2.43. The number of carbonyl (C=O) groups is 1. The van der Waals surface area contributed by atoms with E-state index in [4.69, 9.17) is 15.0 Å². The molecule has 7 nitrogen and oxygen atoms in total. The molecule has 7 rings (SSSR count). The van der Waals surface area contributed by atoms with Crippen molar-refractivity contribution in [1.82, 2.24) is 25.5 Å². The van der Waals surface area contributed by atoms with Crippen molar-refractivity contribution < 1.29 is 9.53 Å². The second-order valence-corrected chi connectivity index (χ2v) is 13.2. The molecule has 1 N–H and O–H groups in total. The van der Waals surface area contributed by atoms with Crippen molar-refractivity contribution in [2.75, 3.05) is 0 Å². The molecule has 0 aliphatic rings. The Morgan fingerprint density at radius 3 is 1.67 bits per heavy atom. The van der Waals surface area contributed by atoms with Crippen molar-refractivity contribution in [1.29, 1.82) is 0 Å². The van der Waals surface area contributed by atoms with Gasteiger partial charge in [0.05, 0.1) is 0 Å². The van der Waals surface area contributed by atoms with Gasteiger partial charge in [-0.25, -0.2) is 4.68 Å². The first-order valence-corrected chi connectivity index (χ1v) is 17.6. The quantitative estimate of drug-likeness (QED) is 0.0968. The normalized spacial score (nSPS) is 12.1. The predicted molar refractivity (Wildman–Crippen MR) is 205 cm³/mol. The van der Waals surface area contributed by atoms with Gasteiger partial charge in [0.2, 0.25) is 0 Å². The lowest BCUT2D eigenvalue weighted by Gasteiger charge is -2.36. The van der Waals surface area contributed by atoms with Gasteiger partial charge in [0.1, 0.15) is 18.2 Å². The number of tetrazole rings is 1. The molecule has 0 amide bonds. The van der Waals surface area contributed by atoms with Crippen LogP contribution in [0, 0.1) is 5.92 Å². The third kappa shape index (κ3) is 7.04. The van der Waals surface area contributed by atoms with Gasteiger partial charge >= 0.3 is 5.97 Å². The number of ether oxygens (including phenoxy) is 1. The van der Waals surface area contributed by atoms with Crippen LogP contribution in [0.4, 0.5) is 0 Å². The molecule has 1 aromatic heterocycles. The zero-order valence-corrected chi connectivity index (χ0v) is 29.3. The summed E-state index contributed by atoms with van der Waals surface area (Å²) < 4.78 is 7.63. The Bertz CT molecular complexity index is 2090. The van der Waals surface area contributed by atoms with E-state index in [-0.39, 0.29) is 18.5 Å². The summed E-state index contributed by atoms with van der Waals surface area (Å²) >= 11 is 0. The summed E-state index contributed by atoms with van der Waals surface area (Å²) in [7, 11) is 0. The fourth-order valence-corrected chi connectivity index (χ4v) is 6.86. The van der Waals surface area contributed by atoms with E-state index in [9.17, 15) is 4.79 Å². The average Bonchev–Trinajstić information content (AvgIpc) is 3.69. The van der Waals surface area contributed by atoms with Gasteiger partial charge in [-0.3, -0.25) is 4.79 Å². The highest BCUT2D eigenvalue weighted by molar-refractivity contribution is 5.81. The summed E-state index contributed by atoms with van der Waals surface area (Å²) in [6.07, 6.45) is 0. The maximum Gasteiger partial charge on any atom is 0.323 e. The van der Waals surface area contributed by atoms with E-state index < -0.39 is 11.6 Å². The third-order valence-corrected chi connectivity index (χ3v) is 9.47. The molecule has 0 radical (unpaired) electrons. The van der Waals surface area contributed by atoms with Gasteiger partial charge in [-0.05, 0) is 55.3 Å². The largest absolute Gasteiger partial charge is 0.460 e. The number of esters is 1. The maximum atomic E-state index is 13.0. The Morgan fingerprint density at radius 1 is 0.635 bits per heavy atom. The van der Waals surface area contributed by atoms with Crippen molar-refractivity contribution in [2.45, 2.75) is 38.6 Å². The molecule has 0 saturated carbocycles. The molecule has 1 heterocycles. The molecule has 0 aliphatic carbocycles. The summed E-state index contributed by atoms with van der Waals surface area (Å²) in [4.78, 5) is 13.0. The molecule has 0 saturated heterocycles. The lowest BCUT2D eigenvalue weighted by atomic mass is 9.77. The monoisotopic (exact) mass is 683 g/mol. The Hall–Kier alpha value is -6.18. The van der Waals surface area contributed by atoms with Gasteiger partial charge in [0, 0.05) is 12.1 Å². The number of carbonyl (C=O) groups excluding carboxylic acids is 1. The van der Waals surface area contributed by atoms with Crippen LogP contribution in [-0.4, -0.2) is 32.2 Å². The molecule has 0 bridgehead atoms. The van der Waals surface area contributed by atoms with Crippen molar-refractivity contribution in [3.63, 3.8) is 0 Å². The smallest absolute Gasteiger partial charge is 0.323 e. The van der Waals surface area contributed by atoms with Crippen LogP contribution in [0.25, 0.3) is 22.5 Å². The van der Waals surface area contributed by atoms with E-state index in [0.29, 0.717) is 12.4 Å². The topological polar surface area (TPSA) is 81.9 Å². The molecule has 0 aliphatic heterocycles. The molecule has 7 aromatic rings. The molecule has 258 valence electrons. The van der Waals surface area contributed by atoms with Crippen molar-refractivity contribution >= 4 is 5.97 Å². The van der Waals surface area contributed by atoms with E-state index in [1.165, 1.54) is 0 Å². The molecular weight excluding hydrogens is 643 g/mol. The van der Waals surface area contributed by atoms with Crippen molar-refractivity contribution in [2.24, 2.45) is 5.92 Å². The van der Waals surface area contributed by atoms with E-state index in [2.05, 4.69) is 120 Å². The number of benzene rings is 6. The van der Waals surface area contributed by atoms with Crippen LogP contribution in [0.1, 0.15) is 41.7 Å². The van der Waals surface area contributed by atoms with Crippen LogP contribution in [0.3, 0.4) is 0 Å². The molecule has 0 spiro atoms. The summed E-state index contributed by atoms with van der Waals surface area (Å²) in [5.41, 5.74) is 7.23. The Kier molecular flexibility index (Phi) is 10.4. The molecule has 1 atom stereocenters. The standard InChI is InChI=1S/C45H41N5O2/c1-33(2)42(44(51)52-32-35-17-7-3-8-18-35)46-31-34-27-29-36(30-28-34)40-25-15-16-26-41(40)43-47-48-49-50(43)45(37-19-9-4-10-20-37,38-21-11-5-12-22-38)39-23-13-6-14-24-39/h3-30,33,42,46H,31-32H2,1-2H3/t42-/m1/s1. The van der Waals surface area contributed by atoms with Crippen LogP contribution in [-0.2, 0) is 28.2 Å². The van der Waals surface area contributed by atoms with Gasteiger partial charge in [-0.2, -0.15) is 0 Å². The van der Waals surface area contributed by atoms with Crippen LogP contribution < -0.4 is 5.32 Å². The Morgan fingerprint density at radius 2 is 1.13 bits per heavy atom. The molecular formula is C45H41N5O2. The number of nitrogens with one attached hydrogen (secondary N) is 1. The molecule has 0 fully saturated rings. The summed E-state index contributed by atoms with van der Waals surface area (Å²) in [6, 6.07) is 57.2. The predicted octanol–water partition coefficient (Wildman–Crippen LogP) is 8.70. The van der Waals surface area contributed by atoms with Crippen LogP contribution in [0.2, 0.25) is 0 Å². The van der Waals surface area contributed by atoms with Crippen molar-refractivity contribution in [3.8, 4) is 22.5 Å². The third-order valence-electron chi connectivity index (χ3n) is 9.47. The lowest BCUT2D eigenvalue weighted by Crippen LogP contribution is -2.41. The van der Waals surface area contributed by atoms with Gasteiger partial charge in [-0.1, -0.05) is 184 Å². The second-order valence-electron chi connectivity index (χ2n) is 13.2. The van der Waals surface area contributed by atoms with Gasteiger partial charge in [0.15, 0.2) is 5.82 Å². The average molecular weight is 684 g/mol. The second kappa shape index (κ2) is 15.8. The minimum absolute atomic E-state index is 0.0650. The van der Waals surface area contributed by atoms with E-state index in [1.54, 1.807) is 0 Å². The minimum atomic E-state index is -0.861. The first-order valence-electron chi connectivity index (χ1n) is 17.6. The van der Waals surface area contributed by atoms with Gasteiger partial charge in [-0.15, -0.1) is 5.10 Å². The summed E-state index contributed by atoms with van der Waals surface area (Å²) in [5, 5.41) is 17.2.